The fourth-order valence-corrected chi connectivity index (χ4v) is 2.06. The highest BCUT2D eigenvalue weighted by molar-refractivity contribution is 7.99. The van der Waals surface area contributed by atoms with Gasteiger partial charge in [0.15, 0.2) is 0 Å². The summed E-state index contributed by atoms with van der Waals surface area (Å²) in [4.78, 5) is 1.20. The highest BCUT2D eigenvalue weighted by Gasteiger charge is 2.13. The Morgan fingerprint density at radius 3 is 3.17 bits per heavy atom. The van der Waals surface area contributed by atoms with Crippen molar-refractivity contribution in [3.8, 4) is 5.75 Å². The van der Waals surface area contributed by atoms with E-state index in [2.05, 4.69) is 6.07 Å². The van der Waals surface area contributed by atoms with E-state index >= 15 is 0 Å². The number of hydrogen-bond donors (Lipinski definition) is 1. The summed E-state index contributed by atoms with van der Waals surface area (Å²) in [6, 6.07) is 8.21. The molecule has 0 unspecified atom stereocenters. The van der Waals surface area contributed by atoms with Crippen LogP contribution in [0.25, 0.3) is 0 Å². The molecule has 0 bridgehead atoms. The zero-order valence-electron chi connectivity index (χ0n) is 6.69. The van der Waals surface area contributed by atoms with E-state index in [0.29, 0.717) is 6.61 Å². The molecular weight excluding hydrogens is 170 g/mol. The standard InChI is InChI=1S/C9H11NOS/c10-7-5-11-8-3-1-2-4-9(8)12-6-7/h1-4,7H,5-6,10H2/t7-/m1/s1. The number of fused-ring (bicyclic) bond motifs is 1. The van der Waals surface area contributed by atoms with Crippen LogP contribution in [0.3, 0.4) is 0 Å². The lowest BCUT2D eigenvalue weighted by Crippen LogP contribution is -2.28. The lowest BCUT2D eigenvalue weighted by Gasteiger charge is -2.06. The molecule has 0 fully saturated rings. The first-order valence-corrected chi connectivity index (χ1v) is 4.95. The summed E-state index contributed by atoms with van der Waals surface area (Å²) < 4.78 is 5.51. The van der Waals surface area contributed by atoms with Crippen molar-refractivity contribution in [1.82, 2.24) is 0 Å². The first-order chi connectivity index (χ1) is 5.86. The van der Waals surface area contributed by atoms with Gasteiger partial charge < -0.3 is 10.5 Å². The molecule has 12 heavy (non-hydrogen) atoms. The number of ether oxygens (including phenoxy) is 1. The number of benzene rings is 1. The van der Waals surface area contributed by atoms with E-state index in [4.69, 9.17) is 10.5 Å². The van der Waals surface area contributed by atoms with Crippen molar-refractivity contribution in [2.24, 2.45) is 5.73 Å². The normalized spacial score (nSPS) is 22.2. The molecule has 0 saturated carbocycles. The monoisotopic (exact) mass is 181 g/mol. The second-order valence-electron chi connectivity index (χ2n) is 2.83. The summed E-state index contributed by atoms with van der Waals surface area (Å²) in [5.41, 5.74) is 5.77. The Labute approximate surface area is 76.1 Å². The van der Waals surface area contributed by atoms with Crippen molar-refractivity contribution in [3.05, 3.63) is 24.3 Å². The molecular formula is C9H11NOS. The summed E-state index contributed by atoms with van der Waals surface area (Å²) in [5.74, 6) is 1.91. The number of nitrogens with two attached hydrogens (primary N) is 1. The third-order valence-corrected chi connectivity index (χ3v) is 3.00. The minimum atomic E-state index is 0.155. The fourth-order valence-electron chi connectivity index (χ4n) is 1.13. The summed E-state index contributed by atoms with van der Waals surface area (Å²) >= 11 is 1.77. The van der Waals surface area contributed by atoms with E-state index in [1.165, 1.54) is 4.90 Å². The van der Waals surface area contributed by atoms with E-state index in [1.54, 1.807) is 11.8 Å². The molecule has 0 spiro atoms. The van der Waals surface area contributed by atoms with Gasteiger partial charge in [-0.15, -0.1) is 11.8 Å². The zero-order valence-corrected chi connectivity index (χ0v) is 7.51. The van der Waals surface area contributed by atoms with Crippen molar-refractivity contribution in [1.29, 1.82) is 0 Å². The van der Waals surface area contributed by atoms with Crippen LogP contribution in [0, 0.1) is 0 Å². The van der Waals surface area contributed by atoms with Gasteiger partial charge in [0.1, 0.15) is 12.4 Å². The van der Waals surface area contributed by atoms with Crippen molar-refractivity contribution >= 4 is 11.8 Å². The van der Waals surface area contributed by atoms with Gasteiger partial charge in [-0.1, -0.05) is 12.1 Å². The van der Waals surface area contributed by atoms with Crippen LogP contribution in [0.5, 0.6) is 5.75 Å². The number of rotatable bonds is 0. The Kier molecular flexibility index (Phi) is 2.23. The molecule has 64 valence electrons. The first-order valence-electron chi connectivity index (χ1n) is 3.96. The Hall–Kier alpha value is -0.670. The van der Waals surface area contributed by atoms with Gasteiger partial charge in [-0.05, 0) is 12.1 Å². The SMILES string of the molecule is N[C@@H]1COc2ccccc2SC1. The third kappa shape index (κ3) is 1.57. The molecule has 2 rings (SSSR count). The summed E-state index contributed by atoms with van der Waals surface area (Å²) in [7, 11) is 0. The molecule has 0 aliphatic carbocycles. The van der Waals surface area contributed by atoms with Gasteiger partial charge >= 0.3 is 0 Å². The predicted octanol–water partition coefficient (Wildman–Crippen LogP) is 1.50. The average molecular weight is 181 g/mol. The number of hydrogen-bond acceptors (Lipinski definition) is 3. The molecule has 0 aromatic heterocycles. The molecule has 1 atom stereocenters. The van der Waals surface area contributed by atoms with Crippen molar-refractivity contribution in [3.63, 3.8) is 0 Å². The van der Waals surface area contributed by atoms with Gasteiger partial charge in [-0.25, -0.2) is 0 Å². The molecule has 2 nitrogen and oxygen atoms in total. The zero-order chi connectivity index (χ0) is 8.39. The number of para-hydroxylation sites is 1. The van der Waals surface area contributed by atoms with E-state index in [1.807, 2.05) is 18.2 Å². The van der Waals surface area contributed by atoms with Crippen LogP contribution in [-0.4, -0.2) is 18.4 Å². The van der Waals surface area contributed by atoms with E-state index in [9.17, 15) is 0 Å². The highest BCUT2D eigenvalue weighted by atomic mass is 32.2. The van der Waals surface area contributed by atoms with Gasteiger partial charge in [-0.3, -0.25) is 0 Å². The highest BCUT2D eigenvalue weighted by Crippen LogP contribution is 2.31. The lowest BCUT2D eigenvalue weighted by molar-refractivity contribution is 0.295. The largest absolute Gasteiger partial charge is 0.491 e. The molecule has 1 aliphatic heterocycles. The maximum absolute atomic E-state index is 5.77. The molecule has 2 N–H and O–H groups in total. The lowest BCUT2D eigenvalue weighted by atomic mass is 10.3. The molecule has 1 aliphatic rings. The topological polar surface area (TPSA) is 35.2 Å². The van der Waals surface area contributed by atoms with Crippen LogP contribution in [0.2, 0.25) is 0 Å². The van der Waals surface area contributed by atoms with Crippen molar-refractivity contribution < 1.29 is 4.74 Å². The Bertz CT molecular complexity index is 250. The number of thioether (sulfide) groups is 1. The second-order valence-corrected chi connectivity index (χ2v) is 3.89. The smallest absolute Gasteiger partial charge is 0.132 e. The van der Waals surface area contributed by atoms with E-state index in [-0.39, 0.29) is 6.04 Å². The molecule has 0 radical (unpaired) electrons. The molecule has 1 aromatic rings. The van der Waals surface area contributed by atoms with E-state index < -0.39 is 0 Å². The van der Waals surface area contributed by atoms with E-state index in [0.717, 1.165) is 11.5 Å². The summed E-state index contributed by atoms with van der Waals surface area (Å²) in [5, 5.41) is 0. The quantitative estimate of drug-likeness (QED) is 0.658. The predicted molar refractivity (Wildman–Crippen MR) is 50.6 cm³/mol. The van der Waals surface area contributed by atoms with Crippen molar-refractivity contribution in [2.75, 3.05) is 12.4 Å². The van der Waals surface area contributed by atoms with Crippen LogP contribution < -0.4 is 10.5 Å². The minimum Gasteiger partial charge on any atom is -0.491 e. The third-order valence-electron chi connectivity index (χ3n) is 1.75. The van der Waals surface area contributed by atoms with Gasteiger partial charge in [0.05, 0.1) is 0 Å². The van der Waals surface area contributed by atoms with Gasteiger partial charge in [-0.2, -0.15) is 0 Å². The molecule has 1 aromatic carbocycles. The summed E-state index contributed by atoms with van der Waals surface area (Å²) in [6.07, 6.45) is 0. The summed E-state index contributed by atoms with van der Waals surface area (Å²) in [6.45, 7) is 0.629. The van der Waals surface area contributed by atoms with Gasteiger partial charge in [0.25, 0.3) is 0 Å². The minimum absolute atomic E-state index is 0.155. The Morgan fingerprint density at radius 1 is 1.42 bits per heavy atom. The second kappa shape index (κ2) is 3.37. The van der Waals surface area contributed by atoms with Crippen molar-refractivity contribution in [2.45, 2.75) is 10.9 Å². The van der Waals surface area contributed by atoms with Crippen LogP contribution >= 0.6 is 11.8 Å². The van der Waals surface area contributed by atoms with Gasteiger partial charge in [0.2, 0.25) is 0 Å². The first kappa shape index (κ1) is 7.95. The Morgan fingerprint density at radius 2 is 2.25 bits per heavy atom. The van der Waals surface area contributed by atoms with Gasteiger partial charge in [0, 0.05) is 16.7 Å². The maximum atomic E-state index is 5.77. The van der Waals surface area contributed by atoms with Crippen LogP contribution in [-0.2, 0) is 0 Å². The molecule has 3 heteroatoms. The fraction of sp³-hybridized carbons (Fsp3) is 0.333. The average Bonchev–Trinajstić information content (AvgIpc) is 2.29. The molecule has 0 amide bonds. The maximum Gasteiger partial charge on any atom is 0.132 e. The van der Waals surface area contributed by atoms with Crippen LogP contribution in [0.4, 0.5) is 0 Å². The molecule has 1 heterocycles. The van der Waals surface area contributed by atoms with Crippen LogP contribution in [0.15, 0.2) is 29.2 Å². The molecule has 0 saturated heterocycles. The van der Waals surface area contributed by atoms with Crippen LogP contribution in [0.1, 0.15) is 0 Å². The Balaban J connectivity index is 2.26.